The Kier molecular flexibility index (Phi) is 6.16. The van der Waals surface area contributed by atoms with E-state index in [1.165, 1.54) is 25.7 Å². The van der Waals surface area contributed by atoms with Crippen LogP contribution in [0.15, 0.2) is 12.3 Å². The second kappa shape index (κ2) is 7.44. The van der Waals surface area contributed by atoms with E-state index in [0.717, 1.165) is 19.0 Å². The lowest BCUT2D eigenvalue weighted by Crippen LogP contribution is -2.27. The third-order valence-corrected chi connectivity index (χ3v) is 2.67. The van der Waals surface area contributed by atoms with Crippen LogP contribution in [0.3, 0.4) is 0 Å². The van der Waals surface area contributed by atoms with Crippen LogP contribution >= 0.6 is 11.6 Å². The van der Waals surface area contributed by atoms with Crippen LogP contribution in [0.2, 0.25) is 5.15 Å². The summed E-state index contributed by atoms with van der Waals surface area (Å²) in [5, 5.41) is 0.517. The van der Waals surface area contributed by atoms with Gasteiger partial charge < -0.3 is 4.90 Å². The Morgan fingerprint density at radius 3 is 2.31 bits per heavy atom. The summed E-state index contributed by atoms with van der Waals surface area (Å²) >= 11 is 5.88. The van der Waals surface area contributed by atoms with Crippen LogP contribution < -0.4 is 4.90 Å². The highest BCUT2D eigenvalue weighted by Gasteiger charge is 2.08. The molecular formula is C12H20ClN3. The fraction of sp³-hybridized carbons (Fsp3) is 0.667. The summed E-state index contributed by atoms with van der Waals surface area (Å²) in [5.41, 5.74) is 0. The molecule has 0 fully saturated rings. The van der Waals surface area contributed by atoms with Gasteiger partial charge in [0.25, 0.3) is 0 Å². The van der Waals surface area contributed by atoms with Gasteiger partial charge in [0.2, 0.25) is 5.95 Å². The lowest BCUT2D eigenvalue weighted by molar-refractivity contribution is 0.663. The Morgan fingerprint density at radius 1 is 1.19 bits per heavy atom. The van der Waals surface area contributed by atoms with E-state index in [1.807, 2.05) is 0 Å². The van der Waals surface area contributed by atoms with Gasteiger partial charge in [-0.2, -0.15) is 0 Å². The van der Waals surface area contributed by atoms with Crippen molar-refractivity contribution in [2.24, 2.45) is 0 Å². The molecule has 90 valence electrons. The lowest BCUT2D eigenvalue weighted by atomic mass is 10.3. The van der Waals surface area contributed by atoms with Crippen LogP contribution in [0.4, 0.5) is 5.95 Å². The van der Waals surface area contributed by atoms with Crippen molar-refractivity contribution >= 4 is 17.5 Å². The first-order valence-electron chi connectivity index (χ1n) is 6.01. The molecule has 1 rings (SSSR count). The number of hydrogen-bond donors (Lipinski definition) is 0. The Bertz CT molecular complexity index is 296. The minimum Gasteiger partial charge on any atom is -0.341 e. The standard InChI is InChI=1S/C12H20ClN3/c1-3-5-9-16(10-6-4-2)12-14-8-7-11(13)15-12/h7-8H,3-6,9-10H2,1-2H3. The molecule has 0 radical (unpaired) electrons. The van der Waals surface area contributed by atoms with E-state index in [4.69, 9.17) is 11.6 Å². The van der Waals surface area contributed by atoms with Crippen LogP contribution in [-0.4, -0.2) is 23.1 Å². The van der Waals surface area contributed by atoms with Crippen LogP contribution in [-0.2, 0) is 0 Å². The van der Waals surface area contributed by atoms with Crippen molar-refractivity contribution in [3.63, 3.8) is 0 Å². The summed E-state index contributed by atoms with van der Waals surface area (Å²) in [6, 6.07) is 1.71. The smallest absolute Gasteiger partial charge is 0.226 e. The molecule has 16 heavy (non-hydrogen) atoms. The van der Waals surface area contributed by atoms with Crippen molar-refractivity contribution in [2.75, 3.05) is 18.0 Å². The van der Waals surface area contributed by atoms with Crippen LogP contribution in [0.1, 0.15) is 39.5 Å². The van der Waals surface area contributed by atoms with Crippen molar-refractivity contribution in [1.82, 2.24) is 9.97 Å². The largest absolute Gasteiger partial charge is 0.341 e. The first-order chi connectivity index (χ1) is 7.77. The number of halogens is 1. The summed E-state index contributed by atoms with van der Waals surface area (Å²) in [7, 11) is 0. The molecule has 4 heteroatoms. The van der Waals surface area contributed by atoms with E-state index in [9.17, 15) is 0 Å². The Morgan fingerprint density at radius 2 is 1.81 bits per heavy atom. The topological polar surface area (TPSA) is 29.0 Å². The second-order valence-corrected chi connectivity index (χ2v) is 4.26. The Hall–Kier alpha value is -0.830. The van der Waals surface area contributed by atoms with Gasteiger partial charge in [0.05, 0.1) is 0 Å². The number of nitrogens with zero attached hydrogens (tertiary/aromatic N) is 3. The quantitative estimate of drug-likeness (QED) is 0.684. The molecule has 0 aliphatic rings. The number of aromatic nitrogens is 2. The first-order valence-corrected chi connectivity index (χ1v) is 6.39. The van der Waals surface area contributed by atoms with Crippen molar-refractivity contribution in [2.45, 2.75) is 39.5 Å². The summed E-state index contributed by atoms with van der Waals surface area (Å²) in [6.07, 6.45) is 6.42. The van der Waals surface area contributed by atoms with Crippen LogP contribution in [0.25, 0.3) is 0 Å². The van der Waals surface area contributed by atoms with E-state index in [-0.39, 0.29) is 0 Å². The number of rotatable bonds is 7. The molecule has 1 aromatic heterocycles. The Labute approximate surface area is 103 Å². The SMILES string of the molecule is CCCCN(CCCC)c1nccc(Cl)n1. The van der Waals surface area contributed by atoms with Gasteiger partial charge in [0.1, 0.15) is 5.15 Å². The molecule has 0 saturated heterocycles. The normalized spacial score (nSPS) is 10.4. The third-order valence-electron chi connectivity index (χ3n) is 2.45. The van der Waals surface area contributed by atoms with Crippen LogP contribution in [0.5, 0.6) is 0 Å². The van der Waals surface area contributed by atoms with Gasteiger partial charge in [-0.1, -0.05) is 38.3 Å². The maximum absolute atomic E-state index is 5.88. The van der Waals surface area contributed by atoms with Crippen molar-refractivity contribution in [1.29, 1.82) is 0 Å². The molecule has 0 atom stereocenters. The summed E-state index contributed by atoms with van der Waals surface area (Å²) in [4.78, 5) is 10.8. The summed E-state index contributed by atoms with van der Waals surface area (Å²) < 4.78 is 0. The maximum atomic E-state index is 5.88. The van der Waals surface area contributed by atoms with Crippen molar-refractivity contribution in [3.8, 4) is 0 Å². The second-order valence-electron chi connectivity index (χ2n) is 3.87. The molecule has 0 unspecified atom stereocenters. The molecule has 1 aromatic rings. The van der Waals surface area contributed by atoms with Gasteiger partial charge in [0.15, 0.2) is 0 Å². The molecule has 0 N–H and O–H groups in total. The molecule has 0 aromatic carbocycles. The summed E-state index contributed by atoms with van der Waals surface area (Å²) in [5.74, 6) is 0.759. The molecule has 0 bridgehead atoms. The number of hydrogen-bond acceptors (Lipinski definition) is 3. The van der Waals surface area contributed by atoms with Gasteiger partial charge >= 0.3 is 0 Å². The maximum Gasteiger partial charge on any atom is 0.226 e. The van der Waals surface area contributed by atoms with E-state index >= 15 is 0 Å². The van der Waals surface area contributed by atoms with Gasteiger partial charge in [-0.15, -0.1) is 0 Å². The van der Waals surface area contributed by atoms with Gasteiger partial charge in [0, 0.05) is 19.3 Å². The van der Waals surface area contributed by atoms with Gasteiger partial charge in [-0.3, -0.25) is 0 Å². The van der Waals surface area contributed by atoms with Crippen LogP contribution in [0, 0.1) is 0 Å². The number of anilines is 1. The van der Waals surface area contributed by atoms with Gasteiger partial charge in [-0.05, 0) is 18.9 Å². The summed E-state index contributed by atoms with van der Waals surface area (Å²) in [6.45, 7) is 6.40. The minimum atomic E-state index is 0.517. The van der Waals surface area contributed by atoms with Gasteiger partial charge in [-0.25, -0.2) is 9.97 Å². The highest BCUT2D eigenvalue weighted by Crippen LogP contribution is 2.12. The highest BCUT2D eigenvalue weighted by molar-refractivity contribution is 6.29. The fourth-order valence-corrected chi connectivity index (χ4v) is 1.62. The molecule has 0 aliphatic heterocycles. The van der Waals surface area contributed by atoms with E-state index in [0.29, 0.717) is 5.15 Å². The van der Waals surface area contributed by atoms with Crippen molar-refractivity contribution in [3.05, 3.63) is 17.4 Å². The van der Waals surface area contributed by atoms with E-state index in [1.54, 1.807) is 12.3 Å². The highest BCUT2D eigenvalue weighted by atomic mass is 35.5. The lowest BCUT2D eigenvalue weighted by Gasteiger charge is -2.22. The molecule has 0 saturated carbocycles. The predicted molar refractivity (Wildman–Crippen MR) is 69.1 cm³/mol. The van der Waals surface area contributed by atoms with E-state index in [2.05, 4.69) is 28.7 Å². The third kappa shape index (κ3) is 4.35. The fourth-order valence-electron chi connectivity index (χ4n) is 1.49. The zero-order valence-corrected chi connectivity index (χ0v) is 10.9. The minimum absolute atomic E-state index is 0.517. The van der Waals surface area contributed by atoms with E-state index < -0.39 is 0 Å². The first kappa shape index (κ1) is 13.2. The predicted octanol–water partition coefficient (Wildman–Crippen LogP) is 3.54. The zero-order valence-electron chi connectivity index (χ0n) is 10.1. The average molecular weight is 242 g/mol. The molecule has 1 heterocycles. The molecule has 3 nitrogen and oxygen atoms in total. The molecule has 0 amide bonds. The van der Waals surface area contributed by atoms with Crippen molar-refractivity contribution < 1.29 is 0 Å². The molecular weight excluding hydrogens is 222 g/mol. The number of unbranched alkanes of at least 4 members (excludes halogenated alkanes) is 2. The Balaban J connectivity index is 2.66. The zero-order chi connectivity index (χ0) is 11.8. The average Bonchev–Trinajstić information content (AvgIpc) is 2.29. The molecule has 0 spiro atoms. The molecule has 0 aliphatic carbocycles. The monoisotopic (exact) mass is 241 g/mol.